The van der Waals surface area contributed by atoms with Gasteiger partial charge in [-0.25, -0.2) is 0 Å². The molecule has 3 unspecified atom stereocenters. The van der Waals surface area contributed by atoms with E-state index >= 15 is 0 Å². The molecule has 1 heterocycles. The lowest BCUT2D eigenvalue weighted by Gasteiger charge is -2.28. The molecular weight excluding hydrogens is 322 g/mol. The number of carboxylic acid groups (broad SMARTS) is 1. The van der Waals surface area contributed by atoms with E-state index < -0.39 is 5.97 Å². The van der Waals surface area contributed by atoms with Crippen LogP contribution in [-0.2, 0) is 4.79 Å². The number of hydrogen-bond donors (Lipinski definition) is 2. The summed E-state index contributed by atoms with van der Waals surface area (Å²) in [7, 11) is 0. The summed E-state index contributed by atoms with van der Waals surface area (Å²) in [5.41, 5.74) is 0.861. The minimum atomic E-state index is -0.728. The Kier molecular flexibility index (Phi) is 4.70. The number of halogens is 1. The van der Waals surface area contributed by atoms with Crippen LogP contribution in [0.1, 0.15) is 31.9 Å². The number of aliphatic carboxylic acids is 1. The van der Waals surface area contributed by atoms with Crippen molar-refractivity contribution in [2.75, 3.05) is 13.1 Å². The molecular formula is C15H20BrNO3. The van der Waals surface area contributed by atoms with E-state index in [1.807, 2.05) is 13.0 Å². The summed E-state index contributed by atoms with van der Waals surface area (Å²) in [6.07, 6.45) is 0.836. The fourth-order valence-electron chi connectivity index (χ4n) is 3.05. The maximum atomic E-state index is 11.2. The molecule has 1 fully saturated rings. The summed E-state index contributed by atoms with van der Waals surface area (Å²) >= 11 is 3.43. The number of rotatable bonds is 4. The Bertz CT molecular complexity index is 506. The van der Waals surface area contributed by atoms with Crippen molar-refractivity contribution < 1.29 is 15.0 Å². The summed E-state index contributed by atoms with van der Waals surface area (Å²) in [4.78, 5) is 13.4. The molecule has 0 spiro atoms. The summed E-state index contributed by atoms with van der Waals surface area (Å²) in [5.74, 6) is -0.644. The fourth-order valence-corrected chi connectivity index (χ4v) is 3.43. The average molecular weight is 342 g/mol. The molecule has 1 saturated heterocycles. The second-order valence-corrected chi connectivity index (χ2v) is 6.42. The highest BCUT2D eigenvalue weighted by atomic mass is 79.9. The first-order valence-electron chi connectivity index (χ1n) is 6.89. The molecule has 0 radical (unpaired) electrons. The van der Waals surface area contributed by atoms with Crippen LogP contribution in [0.15, 0.2) is 22.7 Å². The molecule has 0 amide bonds. The number of likely N-dealkylation sites (tertiary alicyclic amines) is 1. The van der Waals surface area contributed by atoms with Crippen molar-refractivity contribution >= 4 is 21.9 Å². The standard InChI is InChI=1S/C15H20BrNO3/c1-3-13(11-6-10(16)4-5-14(11)18)17-7-9(2)12(8-17)15(19)20/h4-6,9,12-13,18H,3,7-8H2,1-2H3,(H,19,20). The lowest BCUT2D eigenvalue weighted by molar-refractivity contribution is -0.142. The SMILES string of the molecule is CCC(c1cc(Br)ccc1O)N1CC(C)C(C(=O)O)C1. The summed E-state index contributed by atoms with van der Waals surface area (Å²) in [5, 5.41) is 19.3. The van der Waals surface area contributed by atoms with E-state index in [-0.39, 0.29) is 23.6 Å². The van der Waals surface area contributed by atoms with Crippen molar-refractivity contribution in [2.45, 2.75) is 26.3 Å². The van der Waals surface area contributed by atoms with Gasteiger partial charge in [0.25, 0.3) is 0 Å². The van der Waals surface area contributed by atoms with E-state index in [4.69, 9.17) is 0 Å². The van der Waals surface area contributed by atoms with Gasteiger partial charge >= 0.3 is 5.97 Å². The Morgan fingerprint density at radius 1 is 1.50 bits per heavy atom. The Morgan fingerprint density at radius 2 is 2.20 bits per heavy atom. The van der Waals surface area contributed by atoms with Gasteiger partial charge in [-0.1, -0.05) is 29.8 Å². The largest absolute Gasteiger partial charge is 0.508 e. The molecule has 0 saturated carbocycles. The van der Waals surface area contributed by atoms with Crippen molar-refractivity contribution in [3.05, 3.63) is 28.2 Å². The van der Waals surface area contributed by atoms with Crippen molar-refractivity contribution in [1.29, 1.82) is 0 Å². The predicted octanol–water partition coefficient (Wildman–Crippen LogP) is 3.26. The number of carbonyl (C=O) groups is 1. The smallest absolute Gasteiger partial charge is 0.308 e. The highest BCUT2D eigenvalue weighted by Gasteiger charge is 2.38. The molecule has 1 aliphatic heterocycles. The summed E-state index contributed by atoms with van der Waals surface area (Å²) in [6.45, 7) is 5.33. The highest BCUT2D eigenvalue weighted by molar-refractivity contribution is 9.10. The van der Waals surface area contributed by atoms with Gasteiger partial charge in [0, 0.05) is 29.2 Å². The van der Waals surface area contributed by atoms with E-state index in [2.05, 4.69) is 27.8 Å². The molecule has 2 rings (SSSR count). The Morgan fingerprint density at radius 3 is 2.75 bits per heavy atom. The van der Waals surface area contributed by atoms with Gasteiger partial charge in [0.2, 0.25) is 0 Å². The molecule has 110 valence electrons. The average Bonchev–Trinajstić information content (AvgIpc) is 2.76. The maximum absolute atomic E-state index is 11.2. The number of nitrogens with zero attached hydrogens (tertiary/aromatic N) is 1. The number of carboxylic acids is 1. The first kappa shape index (κ1) is 15.3. The van der Waals surface area contributed by atoms with Crippen molar-refractivity contribution in [2.24, 2.45) is 11.8 Å². The summed E-state index contributed by atoms with van der Waals surface area (Å²) in [6, 6.07) is 5.45. The van der Waals surface area contributed by atoms with Crippen LogP contribution in [0.25, 0.3) is 0 Å². The van der Waals surface area contributed by atoms with Gasteiger partial charge in [0.1, 0.15) is 5.75 Å². The molecule has 0 aliphatic carbocycles. The van der Waals surface area contributed by atoms with E-state index in [9.17, 15) is 15.0 Å². The molecule has 3 atom stereocenters. The topological polar surface area (TPSA) is 60.8 Å². The fraction of sp³-hybridized carbons (Fsp3) is 0.533. The zero-order valence-corrected chi connectivity index (χ0v) is 13.3. The third kappa shape index (κ3) is 2.99. The van der Waals surface area contributed by atoms with Gasteiger partial charge in [-0.3, -0.25) is 9.69 Å². The molecule has 1 aliphatic rings. The molecule has 0 bridgehead atoms. The van der Waals surface area contributed by atoms with Crippen LogP contribution in [-0.4, -0.2) is 34.2 Å². The van der Waals surface area contributed by atoms with Gasteiger partial charge in [-0.2, -0.15) is 0 Å². The first-order chi connectivity index (χ1) is 9.43. The number of hydrogen-bond acceptors (Lipinski definition) is 3. The number of benzene rings is 1. The maximum Gasteiger partial charge on any atom is 0.308 e. The van der Waals surface area contributed by atoms with E-state index in [0.717, 1.165) is 23.0 Å². The Labute approximate surface area is 127 Å². The molecule has 0 aromatic heterocycles. The number of phenolic OH excluding ortho intramolecular Hbond substituents is 1. The first-order valence-corrected chi connectivity index (χ1v) is 7.68. The lowest BCUT2D eigenvalue weighted by atomic mass is 9.99. The third-order valence-electron chi connectivity index (χ3n) is 4.13. The third-order valence-corrected chi connectivity index (χ3v) is 4.63. The van der Waals surface area contributed by atoms with Gasteiger partial charge in [0.05, 0.1) is 5.92 Å². The van der Waals surface area contributed by atoms with Crippen LogP contribution in [0, 0.1) is 11.8 Å². The van der Waals surface area contributed by atoms with Gasteiger partial charge in [-0.05, 0) is 30.5 Å². The molecule has 1 aromatic carbocycles. The van der Waals surface area contributed by atoms with Crippen molar-refractivity contribution in [3.8, 4) is 5.75 Å². The predicted molar refractivity (Wildman–Crippen MR) is 80.7 cm³/mol. The summed E-state index contributed by atoms with van der Waals surface area (Å²) < 4.78 is 0.922. The molecule has 1 aromatic rings. The van der Waals surface area contributed by atoms with Crippen LogP contribution in [0.5, 0.6) is 5.75 Å². The monoisotopic (exact) mass is 341 g/mol. The zero-order chi connectivity index (χ0) is 14.9. The van der Waals surface area contributed by atoms with Crippen molar-refractivity contribution in [1.82, 2.24) is 4.90 Å². The molecule has 4 nitrogen and oxygen atoms in total. The van der Waals surface area contributed by atoms with E-state index in [1.165, 1.54) is 0 Å². The van der Waals surface area contributed by atoms with Crippen LogP contribution < -0.4 is 0 Å². The molecule has 2 N–H and O–H groups in total. The van der Waals surface area contributed by atoms with Gasteiger partial charge < -0.3 is 10.2 Å². The van der Waals surface area contributed by atoms with Gasteiger partial charge in [-0.15, -0.1) is 0 Å². The van der Waals surface area contributed by atoms with Crippen LogP contribution in [0.4, 0.5) is 0 Å². The van der Waals surface area contributed by atoms with Gasteiger partial charge in [0.15, 0.2) is 0 Å². The quantitative estimate of drug-likeness (QED) is 0.882. The lowest BCUT2D eigenvalue weighted by Crippen LogP contribution is -2.27. The minimum absolute atomic E-state index is 0.0549. The van der Waals surface area contributed by atoms with Crippen molar-refractivity contribution in [3.63, 3.8) is 0 Å². The van der Waals surface area contributed by atoms with Crippen LogP contribution in [0.2, 0.25) is 0 Å². The Hall–Kier alpha value is -1.07. The normalized spacial score (nSPS) is 24.8. The zero-order valence-electron chi connectivity index (χ0n) is 11.7. The minimum Gasteiger partial charge on any atom is -0.508 e. The second kappa shape index (κ2) is 6.14. The van der Waals surface area contributed by atoms with E-state index in [1.54, 1.807) is 12.1 Å². The second-order valence-electron chi connectivity index (χ2n) is 5.50. The van der Waals surface area contributed by atoms with Crippen LogP contribution >= 0.6 is 15.9 Å². The van der Waals surface area contributed by atoms with Crippen LogP contribution in [0.3, 0.4) is 0 Å². The number of phenols is 1. The molecule has 5 heteroatoms. The number of aromatic hydroxyl groups is 1. The molecule has 20 heavy (non-hydrogen) atoms. The highest BCUT2D eigenvalue weighted by Crippen LogP contribution is 2.37. The Balaban J connectivity index is 2.25. The van der Waals surface area contributed by atoms with E-state index in [0.29, 0.717) is 6.54 Å².